The number of halogens is 1. The fraction of sp³-hybridized carbons (Fsp3) is 0.500. The van der Waals surface area contributed by atoms with Crippen LogP contribution in [0.25, 0.3) is 0 Å². The number of benzene rings is 1. The molecule has 3 heteroatoms. The van der Waals surface area contributed by atoms with Crippen LogP contribution in [0.5, 0.6) is 5.75 Å². The summed E-state index contributed by atoms with van der Waals surface area (Å²) in [4.78, 5) is 0. The summed E-state index contributed by atoms with van der Waals surface area (Å²) in [7, 11) is 0. The van der Waals surface area contributed by atoms with Gasteiger partial charge in [-0.05, 0) is 49.5 Å². The highest BCUT2D eigenvalue weighted by Gasteiger charge is 2.21. The summed E-state index contributed by atoms with van der Waals surface area (Å²) in [6, 6.07) is 4.95. The van der Waals surface area contributed by atoms with Crippen molar-refractivity contribution in [2.75, 3.05) is 6.61 Å². The van der Waals surface area contributed by atoms with Crippen LogP contribution >= 0.6 is 15.9 Å². The van der Waals surface area contributed by atoms with Crippen LogP contribution < -0.4 is 10.1 Å². The van der Waals surface area contributed by atoms with Crippen molar-refractivity contribution < 1.29 is 4.74 Å². The van der Waals surface area contributed by atoms with E-state index in [-0.39, 0.29) is 0 Å². The number of rotatable bonds is 7. The molecule has 0 heterocycles. The van der Waals surface area contributed by atoms with E-state index in [2.05, 4.69) is 53.8 Å². The zero-order valence-corrected chi connectivity index (χ0v) is 13.3. The highest BCUT2D eigenvalue weighted by atomic mass is 79.9. The monoisotopic (exact) mass is 323 g/mol. The molecule has 1 saturated carbocycles. The second-order valence-electron chi connectivity index (χ2n) is 5.26. The fourth-order valence-corrected chi connectivity index (χ4v) is 2.57. The largest absolute Gasteiger partial charge is 0.489 e. The number of aryl methyl sites for hydroxylation is 1. The van der Waals surface area contributed by atoms with E-state index in [4.69, 9.17) is 4.74 Å². The first-order valence-corrected chi connectivity index (χ1v) is 7.71. The maximum Gasteiger partial charge on any atom is 0.127 e. The molecule has 104 valence electrons. The molecular weight excluding hydrogens is 302 g/mol. The number of hydrogen-bond acceptors (Lipinski definition) is 2. The molecule has 2 rings (SSSR count). The normalized spacial score (nSPS) is 14.5. The minimum Gasteiger partial charge on any atom is -0.489 e. The van der Waals surface area contributed by atoms with Gasteiger partial charge in [0, 0.05) is 22.6 Å². The molecule has 1 fully saturated rings. The molecule has 1 aromatic carbocycles. The zero-order valence-electron chi connectivity index (χ0n) is 11.8. The highest BCUT2D eigenvalue weighted by Crippen LogP contribution is 2.29. The van der Waals surface area contributed by atoms with Crippen molar-refractivity contribution in [3.63, 3.8) is 0 Å². The summed E-state index contributed by atoms with van der Waals surface area (Å²) in [5.74, 6) is 1.01. The van der Waals surface area contributed by atoms with Gasteiger partial charge in [-0.1, -0.05) is 29.4 Å². The van der Waals surface area contributed by atoms with Crippen LogP contribution in [-0.2, 0) is 6.54 Å². The smallest absolute Gasteiger partial charge is 0.127 e. The Bertz CT molecular complexity index is 466. The van der Waals surface area contributed by atoms with Crippen LogP contribution in [0.3, 0.4) is 0 Å². The Morgan fingerprint density at radius 2 is 2.21 bits per heavy atom. The molecular formula is C16H22BrNO. The quantitative estimate of drug-likeness (QED) is 0.753. The molecule has 1 aromatic rings. The molecule has 0 aromatic heterocycles. The minimum absolute atomic E-state index is 0.607. The van der Waals surface area contributed by atoms with Crippen LogP contribution in [0.4, 0.5) is 0 Å². The molecule has 0 unspecified atom stereocenters. The summed E-state index contributed by atoms with van der Waals surface area (Å²) in [6.45, 7) is 9.68. The average molecular weight is 324 g/mol. The molecule has 0 saturated heterocycles. The number of hydrogen-bond donors (Lipinski definition) is 1. The standard InChI is InChI=1S/C16H22BrNO/c1-4-11(2)10-19-16-12(3)7-14(17)8-13(16)9-18-15-5-6-15/h7-8,15,18H,2,4-6,9-10H2,1,3H3. The number of ether oxygens (including phenoxy) is 1. The summed E-state index contributed by atoms with van der Waals surface area (Å²) in [5, 5.41) is 3.55. The van der Waals surface area contributed by atoms with E-state index in [1.54, 1.807) is 0 Å². The molecule has 1 aliphatic rings. The average Bonchev–Trinajstić information content (AvgIpc) is 3.18. The van der Waals surface area contributed by atoms with Gasteiger partial charge in [-0.25, -0.2) is 0 Å². The predicted molar refractivity (Wildman–Crippen MR) is 83.7 cm³/mol. The van der Waals surface area contributed by atoms with Gasteiger partial charge in [-0.15, -0.1) is 0 Å². The van der Waals surface area contributed by atoms with Crippen LogP contribution in [0, 0.1) is 6.92 Å². The van der Waals surface area contributed by atoms with Crippen LogP contribution in [0.2, 0.25) is 0 Å². The van der Waals surface area contributed by atoms with Gasteiger partial charge >= 0.3 is 0 Å². The maximum absolute atomic E-state index is 5.97. The molecule has 0 spiro atoms. The summed E-state index contributed by atoms with van der Waals surface area (Å²) < 4.78 is 7.08. The van der Waals surface area contributed by atoms with Gasteiger partial charge in [0.2, 0.25) is 0 Å². The Kier molecular flexibility index (Phi) is 5.06. The van der Waals surface area contributed by atoms with Crippen molar-refractivity contribution in [1.29, 1.82) is 0 Å². The molecule has 0 amide bonds. The molecule has 1 N–H and O–H groups in total. The van der Waals surface area contributed by atoms with E-state index in [1.165, 1.54) is 24.0 Å². The summed E-state index contributed by atoms with van der Waals surface area (Å²) >= 11 is 3.56. The van der Waals surface area contributed by atoms with E-state index in [0.717, 1.165) is 28.8 Å². The Morgan fingerprint density at radius 3 is 2.84 bits per heavy atom. The molecule has 0 bridgehead atoms. The first-order chi connectivity index (χ1) is 9.10. The van der Waals surface area contributed by atoms with Crippen LogP contribution in [0.1, 0.15) is 37.3 Å². The van der Waals surface area contributed by atoms with Gasteiger partial charge in [-0.3, -0.25) is 0 Å². The highest BCUT2D eigenvalue weighted by molar-refractivity contribution is 9.10. The molecule has 0 aliphatic heterocycles. The van der Waals surface area contributed by atoms with Crippen LogP contribution in [-0.4, -0.2) is 12.6 Å². The van der Waals surface area contributed by atoms with E-state index in [0.29, 0.717) is 12.6 Å². The molecule has 19 heavy (non-hydrogen) atoms. The van der Waals surface area contributed by atoms with E-state index < -0.39 is 0 Å². The lowest BCUT2D eigenvalue weighted by atomic mass is 10.1. The second-order valence-corrected chi connectivity index (χ2v) is 6.17. The molecule has 2 nitrogen and oxygen atoms in total. The Morgan fingerprint density at radius 1 is 1.47 bits per heavy atom. The third-order valence-corrected chi connectivity index (χ3v) is 3.85. The van der Waals surface area contributed by atoms with Crippen molar-refractivity contribution >= 4 is 15.9 Å². The second kappa shape index (κ2) is 6.58. The zero-order chi connectivity index (χ0) is 13.8. The van der Waals surface area contributed by atoms with Gasteiger partial charge in [0.15, 0.2) is 0 Å². The SMILES string of the molecule is C=C(CC)COc1c(C)cc(Br)cc1CNC1CC1. The third kappa shape index (κ3) is 4.36. The van der Waals surface area contributed by atoms with Crippen molar-refractivity contribution in [2.45, 2.75) is 45.7 Å². The maximum atomic E-state index is 5.97. The first kappa shape index (κ1) is 14.6. The topological polar surface area (TPSA) is 21.3 Å². The first-order valence-electron chi connectivity index (χ1n) is 6.92. The lowest BCUT2D eigenvalue weighted by Crippen LogP contribution is -2.16. The fourth-order valence-electron chi connectivity index (χ4n) is 1.96. The van der Waals surface area contributed by atoms with Crippen molar-refractivity contribution in [3.8, 4) is 5.75 Å². The van der Waals surface area contributed by atoms with Gasteiger partial charge in [-0.2, -0.15) is 0 Å². The predicted octanol–water partition coefficient (Wildman–Crippen LogP) is 4.35. The van der Waals surface area contributed by atoms with Gasteiger partial charge in [0.05, 0.1) is 0 Å². The lowest BCUT2D eigenvalue weighted by Gasteiger charge is -2.16. The van der Waals surface area contributed by atoms with Gasteiger partial charge < -0.3 is 10.1 Å². The van der Waals surface area contributed by atoms with E-state index >= 15 is 0 Å². The Hall–Kier alpha value is -0.800. The van der Waals surface area contributed by atoms with Crippen LogP contribution in [0.15, 0.2) is 28.8 Å². The van der Waals surface area contributed by atoms with Crippen molar-refractivity contribution in [1.82, 2.24) is 5.32 Å². The summed E-state index contributed by atoms with van der Waals surface area (Å²) in [6.07, 6.45) is 3.57. The summed E-state index contributed by atoms with van der Waals surface area (Å²) in [5.41, 5.74) is 3.52. The van der Waals surface area contributed by atoms with Crippen molar-refractivity contribution in [3.05, 3.63) is 39.9 Å². The van der Waals surface area contributed by atoms with Gasteiger partial charge in [0.25, 0.3) is 0 Å². The molecule has 0 atom stereocenters. The Labute approximate surface area is 124 Å². The Balaban J connectivity index is 2.10. The molecule has 0 radical (unpaired) electrons. The van der Waals surface area contributed by atoms with E-state index in [1.807, 2.05) is 0 Å². The third-order valence-electron chi connectivity index (χ3n) is 3.40. The van der Waals surface area contributed by atoms with Gasteiger partial charge in [0.1, 0.15) is 12.4 Å². The minimum atomic E-state index is 0.607. The lowest BCUT2D eigenvalue weighted by molar-refractivity contribution is 0.341. The molecule has 1 aliphatic carbocycles. The van der Waals surface area contributed by atoms with Crippen molar-refractivity contribution in [2.24, 2.45) is 0 Å². The van der Waals surface area contributed by atoms with E-state index in [9.17, 15) is 0 Å². The number of nitrogens with one attached hydrogen (secondary N) is 1.